The van der Waals surface area contributed by atoms with Crippen LogP contribution in [-0.2, 0) is 28.9 Å². The van der Waals surface area contributed by atoms with Crippen molar-refractivity contribution in [2.45, 2.75) is 70.6 Å². The van der Waals surface area contributed by atoms with Crippen molar-refractivity contribution in [2.24, 2.45) is 11.8 Å². The second-order valence-electron chi connectivity index (χ2n) is 11.2. The predicted molar refractivity (Wildman–Crippen MR) is 132 cm³/mol. The Hall–Kier alpha value is -1.92. The number of likely N-dealkylation sites (tertiary alicyclic amines) is 1. The molecule has 0 radical (unpaired) electrons. The third kappa shape index (κ3) is 9.19. The Kier molecular flexibility index (Phi) is 9.62. The van der Waals surface area contributed by atoms with E-state index in [1.807, 2.05) is 0 Å². The summed E-state index contributed by atoms with van der Waals surface area (Å²) in [6, 6.07) is -0.669. The molecule has 3 atom stereocenters. The van der Waals surface area contributed by atoms with Crippen LogP contribution in [0, 0.1) is 11.8 Å². The van der Waals surface area contributed by atoms with E-state index in [9.17, 15) is 27.9 Å². The number of aliphatic hydroxyl groups is 1. The minimum absolute atomic E-state index is 0.0167. The van der Waals surface area contributed by atoms with Crippen molar-refractivity contribution in [3.05, 3.63) is 0 Å². The van der Waals surface area contributed by atoms with Crippen molar-refractivity contribution in [1.29, 1.82) is 0 Å². The molecule has 3 aliphatic rings. The van der Waals surface area contributed by atoms with Crippen LogP contribution in [0.5, 0.6) is 0 Å². The van der Waals surface area contributed by atoms with Gasteiger partial charge in [-0.05, 0) is 52.4 Å². The average Bonchev–Trinajstić information content (AvgIpc) is 3.60. The van der Waals surface area contributed by atoms with E-state index in [0.29, 0.717) is 45.7 Å². The Balaban J connectivity index is 1.65. The van der Waals surface area contributed by atoms with Gasteiger partial charge in [-0.1, -0.05) is 0 Å². The molecule has 3 unspecified atom stereocenters. The third-order valence-corrected chi connectivity index (χ3v) is 8.48. The van der Waals surface area contributed by atoms with Gasteiger partial charge in [-0.3, -0.25) is 9.59 Å². The molecule has 1 saturated carbocycles. The zero-order valence-electron chi connectivity index (χ0n) is 21.6. The second kappa shape index (κ2) is 12.1. The summed E-state index contributed by atoms with van der Waals surface area (Å²) < 4.78 is 36.2. The van der Waals surface area contributed by atoms with Crippen LogP contribution in [0.1, 0.15) is 52.9 Å². The lowest BCUT2D eigenvalue weighted by molar-refractivity contribution is -0.139. The Morgan fingerprint density at radius 1 is 1.08 bits per heavy atom. The Morgan fingerprint density at radius 2 is 1.75 bits per heavy atom. The number of nitrogens with one attached hydrogen (secondary N) is 1. The molecule has 36 heavy (non-hydrogen) atoms. The molecule has 0 aromatic carbocycles. The van der Waals surface area contributed by atoms with E-state index in [0.717, 1.165) is 12.8 Å². The number of nitrogens with zero attached hydrogens (tertiary/aromatic N) is 2. The fraction of sp³-hybridized carbons (Fsp3) is 0.875. The van der Waals surface area contributed by atoms with Gasteiger partial charge < -0.3 is 29.7 Å². The Morgan fingerprint density at radius 3 is 2.36 bits per heavy atom. The number of amides is 3. The number of β-amino-alcohol motifs (C(OH)–C–C–N with tert-alkyl or cyclic N) is 1. The number of carbonyl (C=O) groups excluding carboxylic acids is 3. The SMILES string of the molecule is CC(C)(C)OC(=O)N1CCCC(NC(=O)C(CC(=O)N2CCOCC2)CS(=O)(=O)CC2CC2)C(O)C1. The molecule has 0 spiro atoms. The first kappa shape index (κ1) is 28.6. The van der Waals surface area contributed by atoms with Crippen molar-refractivity contribution in [3.63, 3.8) is 0 Å². The number of rotatable bonds is 8. The summed E-state index contributed by atoms with van der Waals surface area (Å²) in [5, 5.41) is 13.6. The lowest BCUT2D eigenvalue weighted by Crippen LogP contribution is -2.50. The van der Waals surface area contributed by atoms with E-state index in [2.05, 4.69) is 5.32 Å². The van der Waals surface area contributed by atoms with Gasteiger partial charge in [-0.15, -0.1) is 0 Å². The van der Waals surface area contributed by atoms with E-state index < -0.39 is 51.3 Å². The predicted octanol–water partition coefficient (Wildman–Crippen LogP) is 0.553. The van der Waals surface area contributed by atoms with Crippen molar-refractivity contribution >= 4 is 27.7 Å². The molecule has 12 heteroatoms. The highest BCUT2D eigenvalue weighted by molar-refractivity contribution is 7.91. The molecular weight excluding hydrogens is 490 g/mol. The van der Waals surface area contributed by atoms with E-state index in [1.54, 1.807) is 25.7 Å². The molecule has 0 bridgehead atoms. The minimum atomic E-state index is -3.53. The summed E-state index contributed by atoms with van der Waals surface area (Å²) in [6.45, 7) is 7.27. The molecule has 0 aromatic heterocycles. The molecule has 3 rings (SSSR count). The normalized spacial score (nSPS) is 24.6. The highest BCUT2D eigenvalue weighted by Crippen LogP contribution is 2.31. The number of ether oxygens (including phenoxy) is 2. The molecule has 2 N–H and O–H groups in total. The van der Waals surface area contributed by atoms with Gasteiger partial charge in [0.25, 0.3) is 0 Å². The van der Waals surface area contributed by atoms with E-state index >= 15 is 0 Å². The number of sulfone groups is 1. The molecule has 2 saturated heterocycles. The molecule has 11 nitrogen and oxygen atoms in total. The maximum atomic E-state index is 13.3. The van der Waals surface area contributed by atoms with Crippen LogP contribution in [-0.4, -0.2) is 110 Å². The first-order valence-electron chi connectivity index (χ1n) is 12.9. The zero-order chi connectivity index (χ0) is 26.5. The quantitative estimate of drug-likeness (QED) is 0.462. The fourth-order valence-electron chi connectivity index (χ4n) is 4.50. The summed E-state index contributed by atoms with van der Waals surface area (Å²) in [6.07, 6.45) is 0.860. The monoisotopic (exact) mass is 531 g/mol. The highest BCUT2D eigenvalue weighted by atomic mass is 32.2. The smallest absolute Gasteiger partial charge is 0.410 e. The maximum Gasteiger partial charge on any atom is 0.410 e. The van der Waals surface area contributed by atoms with Gasteiger partial charge in [0.05, 0.1) is 49.3 Å². The van der Waals surface area contributed by atoms with Crippen molar-refractivity contribution < 1.29 is 37.4 Å². The summed E-state index contributed by atoms with van der Waals surface area (Å²) in [4.78, 5) is 41.6. The van der Waals surface area contributed by atoms with Crippen molar-refractivity contribution in [1.82, 2.24) is 15.1 Å². The van der Waals surface area contributed by atoms with Crippen molar-refractivity contribution in [2.75, 3.05) is 50.9 Å². The second-order valence-corrected chi connectivity index (χ2v) is 13.3. The van der Waals surface area contributed by atoms with Crippen LogP contribution in [0.4, 0.5) is 4.79 Å². The van der Waals surface area contributed by atoms with E-state index in [4.69, 9.17) is 9.47 Å². The molecule has 2 heterocycles. The van der Waals surface area contributed by atoms with Gasteiger partial charge in [-0.2, -0.15) is 0 Å². The van der Waals surface area contributed by atoms with Crippen LogP contribution >= 0.6 is 0 Å². The van der Waals surface area contributed by atoms with Crippen molar-refractivity contribution in [3.8, 4) is 0 Å². The van der Waals surface area contributed by atoms with E-state index in [1.165, 1.54) is 4.90 Å². The van der Waals surface area contributed by atoms with Crippen LogP contribution in [0.25, 0.3) is 0 Å². The molecule has 3 amide bonds. The average molecular weight is 532 g/mol. The van der Waals surface area contributed by atoms with Gasteiger partial charge in [0.2, 0.25) is 11.8 Å². The molecule has 0 aromatic rings. The summed E-state index contributed by atoms with van der Waals surface area (Å²) in [7, 11) is -3.53. The number of hydrogen-bond acceptors (Lipinski definition) is 8. The Labute approximate surface area is 213 Å². The fourth-order valence-corrected chi connectivity index (χ4v) is 6.57. The first-order valence-corrected chi connectivity index (χ1v) is 14.7. The molecular formula is C24H41N3O8S. The molecule has 2 aliphatic heterocycles. The lowest BCUT2D eigenvalue weighted by Gasteiger charge is -2.30. The van der Waals surface area contributed by atoms with E-state index in [-0.39, 0.29) is 30.5 Å². The number of carbonyl (C=O) groups is 3. The Bertz CT molecular complexity index is 894. The minimum Gasteiger partial charge on any atom is -0.444 e. The number of aliphatic hydroxyl groups excluding tert-OH is 1. The lowest BCUT2D eigenvalue weighted by atomic mass is 10.0. The van der Waals surface area contributed by atoms with Crippen LogP contribution < -0.4 is 5.32 Å². The van der Waals surface area contributed by atoms with Gasteiger partial charge in [0, 0.05) is 26.1 Å². The summed E-state index contributed by atoms with van der Waals surface area (Å²) >= 11 is 0. The highest BCUT2D eigenvalue weighted by Gasteiger charge is 2.36. The van der Waals surface area contributed by atoms with Gasteiger partial charge in [0.15, 0.2) is 9.84 Å². The first-order chi connectivity index (χ1) is 16.8. The van der Waals surface area contributed by atoms with Gasteiger partial charge in [-0.25, -0.2) is 13.2 Å². The van der Waals surface area contributed by atoms with Crippen LogP contribution in [0.15, 0.2) is 0 Å². The van der Waals surface area contributed by atoms with Gasteiger partial charge >= 0.3 is 6.09 Å². The van der Waals surface area contributed by atoms with Gasteiger partial charge in [0.1, 0.15) is 5.60 Å². The van der Waals surface area contributed by atoms with Crippen LogP contribution in [0.3, 0.4) is 0 Å². The standard InChI is InChI=1S/C24H41N3O8S/c1-24(2,3)35-23(31)27-8-4-5-19(20(28)14-27)25-22(30)18(16-36(32,33)15-17-6-7-17)13-21(29)26-9-11-34-12-10-26/h17-20,28H,4-16H2,1-3H3,(H,25,30). The summed E-state index contributed by atoms with van der Waals surface area (Å²) in [5.41, 5.74) is -0.672. The third-order valence-electron chi connectivity index (χ3n) is 6.59. The summed E-state index contributed by atoms with van der Waals surface area (Å²) in [5.74, 6) is -2.14. The molecule has 1 aliphatic carbocycles. The number of morpholine rings is 1. The maximum absolute atomic E-state index is 13.3. The topological polar surface area (TPSA) is 143 Å². The zero-order valence-corrected chi connectivity index (χ0v) is 22.4. The number of hydrogen-bond donors (Lipinski definition) is 2. The molecule has 206 valence electrons. The molecule has 3 fully saturated rings. The largest absolute Gasteiger partial charge is 0.444 e. The van der Waals surface area contributed by atoms with Crippen LogP contribution in [0.2, 0.25) is 0 Å².